The molecule has 0 atom stereocenters. The molecule has 0 aliphatic carbocycles. The monoisotopic (exact) mass is 353 g/mol. The first-order valence-electron chi connectivity index (χ1n) is 8.07. The maximum absolute atomic E-state index is 6.16. The van der Waals surface area contributed by atoms with Crippen LogP contribution in [0, 0.1) is 0 Å². The highest BCUT2D eigenvalue weighted by atomic mass is 35.5. The molecule has 0 aromatic heterocycles. The number of hydrogen-bond donors (Lipinski definition) is 1. The van der Waals surface area contributed by atoms with Gasteiger partial charge in [-0.05, 0) is 48.0 Å². The molecule has 0 bridgehead atoms. The lowest BCUT2D eigenvalue weighted by Gasteiger charge is -2.11. The first-order chi connectivity index (χ1) is 12.2. The Kier molecular flexibility index (Phi) is 5.81. The second-order valence-electron chi connectivity index (χ2n) is 5.61. The number of rotatable bonds is 7. The summed E-state index contributed by atoms with van der Waals surface area (Å²) in [5, 5.41) is 4.11. The van der Waals surface area contributed by atoms with Gasteiger partial charge in [0, 0.05) is 22.8 Å². The number of halogens is 1. The Morgan fingerprint density at radius 2 is 1.68 bits per heavy atom. The van der Waals surface area contributed by atoms with Crippen molar-refractivity contribution in [3.05, 3.63) is 88.9 Å². The van der Waals surface area contributed by atoms with Gasteiger partial charge in [0.2, 0.25) is 0 Å². The summed E-state index contributed by atoms with van der Waals surface area (Å²) >= 11 is 6.16. The van der Waals surface area contributed by atoms with Gasteiger partial charge in [0.05, 0.1) is 7.11 Å². The van der Waals surface area contributed by atoms with Crippen LogP contribution in [0.3, 0.4) is 0 Å². The molecule has 0 saturated carbocycles. The molecular formula is C21H20ClNO2. The molecule has 3 aromatic carbocycles. The number of hydrogen-bond acceptors (Lipinski definition) is 3. The maximum atomic E-state index is 6.16. The van der Waals surface area contributed by atoms with E-state index in [2.05, 4.69) is 11.4 Å². The van der Waals surface area contributed by atoms with Crippen LogP contribution in [0.25, 0.3) is 0 Å². The third-order valence-corrected chi connectivity index (χ3v) is 4.21. The number of methoxy groups -OCH3 is 1. The van der Waals surface area contributed by atoms with Crippen LogP contribution in [0.1, 0.15) is 11.1 Å². The van der Waals surface area contributed by atoms with Gasteiger partial charge in [-0.15, -0.1) is 0 Å². The fourth-order valence-corrected chi connectivity index (χ4v) is 2.63. The predicted octanol–water partition coefficient (Wildman–Crippen LogP) is 5.54. The Hall–Kier alpha value is -2.65. The van der Waals surface area contributed by atoms with E-state index in [0.29, 0.717) is 6.61 Å². The fourth-order valence-electron chi connectivity index (χ4n) is 2.43. The summed E-state index contributed by atoms with van der Waals surface area (Å²) in [7, 11) is 1.66. The average Bonchev–Trinajstić information content (AvgIpc) is 2.66. The highest BCUT2D eigenvalue weighted by Crippen LogP contribution is 2.20. The second kappa shape index (κ2) is 8.45. The van der Waals surface area contributed by atoms with E-state index in [0.717, 1.165) is 39.9 Å². The molecule has 0 saturated heterocycles. The van der Waals surface area contributed by atoms with Gasteiger partial charge in [-0.1, -0.05) is 41.9 Å². The van der Waals surface area contributed by atoms with Gasteiger partial charge >= 0.3 is 0 Å². The van der Waals surface area contributed by atoms with E-state index in [1.165, 1.54) is 0 Å². The summed E-state index contributed by atoms with van der Waals surface area (Å²) < 4.78 is 11.0. The van der Waals surface area contributed by atoms with Crippen LogP contribution in [-0.2, 0) is 13.2 Å². The average molecular weight is 354 g/mol. The van der Waals surface area contributed by atoms with Gasteiger partial charge in [-0.25, -0.2) is 0 Å². The zero-order valence-electron chi connectivity index (χ0n) is 14.0. The van der Waals surface area contributed by atoms with Crippen LogP contribution in [0.15, 0.2) is 72.8 Å². The molecule has 0 heterocycles. The molecule has 1 N–H and O–H groups in total. The molecule has 0 amide bonds. The Bertz CT molecular complexity index is 818. The van der Waals surface area contributed by atoms with Crippen LogP contribution < -0.4 is 14.8 Å². The van der Waals surface area contributed by atoms with E-state index in [1.54, 1.807) is 7.11 Å². The van der Waals surface area contributed by atoms with Crippen molar-refractivity contribution in [2.45, 2.75) is 13.2 Å². The van der Waals surface area contributed by atoms with Crippen molar-refractivity contribution in [2.24, 2.45) is 0 Å². The highest BCUT2D eigenvalue weighted by Gasteiger charge is 2.02. The standard InChI is InChI=1S/C21H20ClNO2/c1-24-19-11-9-18(10-12-19)23-14-16-5-4-7-20(13-16)25-15-17-6-2-3-8-21(17)22/h2-13,23H,14-15H2,1H3. The summed E-state index contributed by atoms with van der Waals surface area (Å²) in [6.45, 7) is 1.17. The number of benzene rings is 3. The van der Waals surface area contributed by atoms with Gasteiger partial charge in [0.25, 0.3) is 0 Å². The van der Waals surface area contributed by atoms with Crippen LogP contribution in [-0.4, -0.2) is 7.11 Å². The first-order valence-corrected chi connectivity index (χ1v) is 8.45. The smallest absolute Gasteiger partial charge is 0.120 e. The number of nitrogens with one attached hydrogen (secondary N) is 1. The van der Waals surface area contributed by atoms with Gasteiger partial charge in [0.15, 0.2) is 0 Å². The Balaban J connectivity index is 1.58. The summed E-state index contributed by atoms with van der Waals surface area (Å²) in [4.78, 5) is 0. The third kappa shape index (κ3) is 4.91. The summed E-state index contributed by atoms with van der Waals surface area (Å²) in [5.41, 5.74) is 3.17. The van der Waals surface area contributed by atoms with E-state index in [1.807, 2.05) is 66.7 Å². The second-order valence-corrected chi connectivity index (χ2v) is 6.02. The van der Waals surface area contributed by atoms with E-state index >= 15 is 0 Å². The molecule has 0 aliphatic heterocycles. The molecule has 0 radical (unpaired) electrons. The topological polar surface area (TPSA) is 30.5 Å². The summed E-state index contributed by atoms with van der Waals surface area (Å²) in [5.74, 6) is 1.68. The minimum absolute atomic E-state index is 0.453. The highest BCUT2D eigenvalue weighted by molar-refractivity contribution is 6.31. The zero-order valence-corrected chi connectivity index (χ0v) is 14.8. The van der Waals surface area contributed by atoms with Crippen LogP contribution in [0.5, 0.6) is 11.5 Å². The predicted molar refractivity (Wildman–Crippen MR) is 103 cm³/mol. The summed E-state index contributed by atoms with van der Waals surface area (Å²) in [6.07, 6.45) is 0. The van der Waals surface area contributed by atoms with E-state index in [9.17, 15) is 0 Å². The Morgan fingerprint density at radius 3 is 2.44 bits per heavy atom. The van der Waals surface area contributed by atoms with Crippen molar-refractivity contribution >= 4 is 17.3 Å². The number of anilines is 1. The Morgan fingerprint density at radius 1 is 0.880 bits per heavy atom. The molecule has 3 aromatic rings. The first kappa shape index (κ1) is 17.2. The van der Waals surface area contributed by atoms with E-state index in [4.69, 9.17) is 21.1 Å². The SMILES string of the molecule is COc1ccc(NCc2cccc(OCc3ccccc3Cl)c2)cc1. The molecule has 3 nitrogen and oxygen atoms in total. The molecule has 0 aliphatic rings. The lowest BCUT2D eigenvalue weighted by atomic mass is 10.2. The van der Waals surface area contributed by atoms with E-state index < -0.39 is 0 Å². The maximum Gasteiger partial charge on any atom is 0.120 e. The molecule has 0 fully saturated rings. The largest absolute Gasteiger partial charge is 0.497 e. The van der Waals surface area contributed by atoms with Crippen molar-refractivity contribution in [1.82, 2.24) is 0 Å². The normalized spacial score (nSPS) is 10.3. The van der Waals surface area contributed by atoms with Crippen LogP contribution in [0.4, 0.5) is 5.69 Å². The minimum Gasteiger partial charge on any atom is -0.497 e. The third-order valence-electron chi connectivity index (χ3n) is 3.84. The van der Waals surface area contributed by atoms with Gasteiger partial charge in [-0.3, -0.25) is 0 Å². The van der Waals surface area contributed by atoms with Crippen molar-refractivity contribution in [1.29, 1.82) is 0 Å². The molecule has 0 unspecified atom stereocenters. The van der Waals surface area contributed by atoms with Crippen LogP contribution in [0.2, 0.25) is 5.02 Å². The van der Waals surface area contributed by atoms with Crippen molar-refractivity contribution in [2.75, 3.05) is 12.4 Å². The van der Waals surface area contributed by atoms with Gasteiger partial charge in [-0.2, -0.15) is 0 Å². The van der Waals surface area contributed by atoms with Crippen molar-refractivity contribution < 1.29 is 9.47 Å². The molecule has 25 heavy (non-hydrogen) atoms. The molecular weight excluding hydrogens is 334 g/mol. The van der Waals surface area contributed by atoms with Crippen LogP contribution >= 0.6 is 11.6 Å². The lowest BCUT2D eigenvalue weighted by molar-refractivity contribution is 0.306. The fraction of sp³-hybridized carbons (Fsp3) is 0.143. The summed E-state index contributed by atoms with van der Waals surface area (Å²) in [6, 6.07) is 23.6. The number of ether oxygens (including phenoxy) is 2. The Labute approximate surface area is 153 Å². The minimum atomic E-state index is 0.453. The molecule has 4 heteroatoms. The van der Waals surface area contributed by atoms with Gasteiger partial charge < -0.3 is 14.8 Å². The van der Waals surface area contributed by atoms with Gasteiger partial charge in [0.1, 0.15) is 18.1 Å². The quantitative estimate of drug-likeness (QED) is 0.605. The van der Waals surface area contributed by atoms with Crippen molar-refractivity contribution in [3.8, 4) is 11.5 Å². The molecule has 0 spiro atoms. The molecule has 128 valence electrons. The van der Waals surface area contributed by atoms with Crippen molar-refractivity contribution in [3.63, 3.8) is 0 Å². The zero-order chi connectivity index (χ0) is 17.5. The molecule has 3 rings (SSSR count). The van der Waals surface area contributed by atoms with E-state index in [-0.39, 0.29) is 0 Å². The lowest BCUT2D eigenvalue weighted by Crippen LogP contribution is -2.01.